The molecule has 2 heterocycles. The molecule has 9 heteroatoms. The molecule has 1 saturated heterocycles. The fourth-order valence-corrected chi connectivity index (χ4v) is 4.71. The van der Waals surface area contributed by atoms with Crippen molar-refractivity contribution in [3.63, 3.8) is 0 Å². The minimum Gasteiger partial charge on any atom is -0.481 e. The van der Waals surface area contributed by atoms with E-state index in [-0.39, 0.29) is 22.8 Å². The van der Waals surface area contributed by atoms with Gasteiger partial charge in [0.2, 0.25) is 10.0 Å². The molecule has 1 aliphatic rings. The Bertz CT molecular complexity index is 973. The number of hydrogen-bond donors (Lipinski definition) is 2. The highest BCUT2D eigenvalue weighted by Crippen LogP contribution is 2.26. The summed E-state index contributed by atoms with van der Waals surface area (Å²) in [6.45, 7) is 2.43. The van der Waals surface area contributed by atoms with Crippen LogP contribution in [0.1, 0.15) is 34.7 Å². The van der Waals surface area contributed by atoms with Crippen molar-refractivity contribution in [1.29, 1.82) is 0 Å². The number of aryl methyl sites for hydroxylation is 1. The van der Waals surface area contributed by atoms with Crippen molar-refractivity contribution >= 4 is 27.6 Å². The van der Waals surface area contributed by atoms with Crippen LogP contribution in [0.25, 0.3) is 0 Å². The number of carbonyl (C=O) groups excluding carboxylic acids is 1. The summed E-state index contributed by atoms with van der Waals surface area (Å²) in [5, 5.41) is 11.5. The number of nitrogens with one attached hydrogen (secondary N) is 1. The average molecular weight is 392 g/mol. The number of carboxylic acid groups (broad SMARTS) is 1. The summed E-state index contributed by atoms with van der Waals surface area (Å²) in [7, 11) is -3.68. The van der Waals surface area contributed by atoms with Gasteiger partial charge in [0, 0.05) is 24.8 Å². The van der Waals surface area contributed by atoms with E-state index in [0.29, 0.717) is 24.3 Å². The monoisotopic (exact) mass is 392 g/mol. The molecule has 3 rings (SSSR count). The van der Waals surface area contributed by atoms with Gasteiger partial charge in [-0.05, 0) is 37.5 Å². The molecular weight excluding hydrogens is 372 g/mol. The lowest BCUT2D eigenvalue weighted by molar-refractivity contribution is -0.136. The molecule has 0 unspecified atom stereocenters. The van der Waals surface area contributed by atoms with Crippen LogP contribution in [0.5, 0.6) is 0 Å². The molecule has 2 aromatic rings. The summed E-state index contributed by atoms with van der Waals surface area (Å²) in [5.74, 6) is -1.54. The van der Waals surface area contributed by atoms with Crippen molar-refractivity contribution in [2.24, 2.45) is 0 Å². The number of nitrogens with zero attached hydrogens (tertiary/aromatic N) is 1. The largest absolute Gasteiger partial charge is 0.481 e. The van der Waals surface area contributed by atoms with Crippen molar-refractivity contribution in [3.05, 3.63) is 47.4 Å². The van der Waals surface area contributed by atoms with E-state index in [2.05, 4.69) is 5.32 Å². The Kier molecular flexibility index (Phi) is 5.33. The molecule has 27 heavy (non-hydrogen) atoms. The van der Waals surface area contributed by atoms with Crippen molar-refractivity contribution in [3.8, 4) is 0 Å². The van der Waals surface area contributed by atoms with Gasteiger partial charge in [-0.15, -0.1) is 0 Å². The van der Waals surface area contributed by atoms with E-state index in [1.165, 1.54) is 17.3 Å². The molecular formula is C18H20N2O6S. The minimum absolute atomic E-state index is 0.00539. The van der Waals surface area contributed by atoms with Crippen LogP contribution in [0.3, 0.4) is 0 Å². The molecule has 1 amide bonds. The molecule has 8 nitrogen and oxygen atoms in total. The number of anilines is 1. The summed E-state index contributed by atoms with van der Waals surface area (Å²) in [6.07, 6.45) is 1.47. The van der Waals surface area contributed by atoms with Crippen LogP contribution in [0.2, 0.25) is 0 Å². The second-order valence-corrected chi connectivity index (χ2v) is 8.27. The third-order valence-corrected chi connectivity index (χ3v) is 6.33. The highest BCUT2D eigenvalue weighted by Gasteiger charge is 2.31. The minimum atomic E-state index is -3.68. The molecule has 1 aliphatic heterocycles. The third-order valence-electron chi connectivity index (χ3n) is 4.32. The van der Waals surface area contributed by atoms with Gasteiger partial charge in [0.1, 0.15) is 10.7 Å². The van der Waals surface area contributed by atoms with Crippen LogP contribution in [-0.4, -0.2) is 42.8 Å². The smallest absolute Gasteiger partial charge is 0.307 e. The normalized spacial score (nSPS) is 15.0. The van der Waals surface area contributed by atoms with Gasteiger partial charge in [-0.2, -0.15) is 4.31 Å². The number of amides is 1. The first-order chi connectivity index (χ1) is 12.8. The Balaban J connectivity index is 1.79. The van der Waals surface area contributed by atoms with Crippen LogP contribution in [0.4, 0.5) is 5.69 Å². The maximum absolute atomic E-state index is 12.7. The second-order valence-electron chi connectivity index (χ2n) is 6.37. The number of hydrogen-bond acceptors (Lipinski definition) is 5. The van der Waals surface area contributed by atoms with E-state index in [1.807, 2.05) is 0 Å². The van der Waals surface area contributed by atoms with Gasteiger partial charge in [-0.3, -0.25) is 9.59 Å². The fraction of sp³-hybridized carbons (Fsp3) is 0.333. The predicted molar refractivity (Wildman–Crippen MR) is 97.2 cm³/mol. The number of sulfonamides is 1. The standard InChI is InChI=1S/C18H20N2O6S/c1-12-16(27(24,25)20-7-2-3-8-20)11-15(26-12)18(23)19-14-6-4-5-13(9-14)10-17(21)22/h4-6,9,11H,2-3,7-8,10H2,1H3,(H,19,23)(H,21,22). The van der Waals surface area contributed by atoms with Gasteiger partial charge in [-0.1, -0.05) is 12.1 Å². The first kappa shape index (κ1) is 19.1. The van der Waals surface area contributed by atoms with Crippen molar-refractivity contribution in [2.75, 3.05) is 18.4 Å². The van der Waals surface area contributed by atoms with E-state index < -0.39 is 21.9 Å². The molecule has 0 aliphatic carbocycles. The first-order valence-corrected chi connectivity index (χ1v) is 9.94. The van der Waals surface area contributed by atoms with Crippen LogP contribution < -0.4 is 5.32 Å². The van der Waals surface area contributed by atoms with Crippen LogP contribution in [0, 0.1) is 6.92 Å². The predicted octanol–water partition coefficient (Wildman–Crippen LogP) is 2.25. The number of furan rings is 1. The molecule has 144 valence electrons. The molecule has 2 N–H and O–H groups in total. The Morgan fingerprint density at radius 3 is 2.59 bits per heavy atom. The zero-order chi connectivity index (χ0) is 19.6. The Morgan fingerprint density at radius 1 is 1.22 bits per heavy atom. The van der Waals surface area contributed by atoms with Crippen molar-refractivity contribution < 1.29 is 27.5 Å². The van der Waals surface area contributed by atoms with E-state index in [0.717, 1.165) is 12.8 Å². The molecule has 0 radical (unpaired) electrons. The first-order valence-electron chi connectivity index (χ1n) is 8.50. The summed E-state index contributed by atoms with van der Waals surface area (Å²) in [6, 6.07) is 7.66. The SMILES string of the molecule is Cc1oc(C(=O)Nc2cccc(CC(=O)O)c2)cc1S(=O)(=O)N1CCCC1. The van der Waals surface area contributed by atoms with Crippen LogP contribution in [-0.2, 0) is 21.2 Å². The van der Waals surface area contributed by atoms with Crippen LogP contribution >= 0.6 is 0 Å². The Morgan fingerprint density at radius 2 is 1.93 bits per heavy atom. The molecule has 0 atom stereocenters. The van der Waals surface area contributed by atoms with Gasteiger partial charge in [-0.25, -0.2) is 8.42 Å². The Labute approximate surface area is 156 Å². The maximum atomic E-state index is 12.7. The van der Waals surface area contributed by atoms with E-state index >= 15 is 0 Å². The number of aliphatic carboxylic acids is 1. The van der Waals surface area contributed by atoms with Crippen LogP contribution in [0.15, 0.2) is 39.6 Å². The quantitative estimate of drug-likeness (QED) is 0.779. The third kappa shape index (κ3) is 4.20. The highest BCUT2D eigenvalue weighted by atomic mass is 32.2. The lowest BCUT2D eigenvalue weighted by atomic mass is 10.1. The summed E-state index contributed by atoms with van der Waals surface area (Å²) in [4.78, 5) is 23.2. The van der Waals surface area contributed by atoms with Gasteiger partial charge < -0.3 is 14.8 Å². The van der Waals surface area contributed by atoms with E-state index in [1.54, 1.807) is 24.3 Å². The number of carbonyl (C=O) groups is 2. The van der Waals surface area contributed by atoms with Gasteiger partial charge in [0.05, 0.1) is 6.42 Å². The van der Waals surface area contributed by atoms with Crippen molar-refractivity contribution in [2.45, 2.75) is 31.1 Å². The lowest BCUT2D eigenvalue weighted by Crippen LogP contribution is -2.28. The maximum Gasteiger partial charge on any atom is 0.307 e. The number of carboxylic acids is 1. The fourth-order valence-electron chi connectivity index (χ4n) is 3.03. The van der Waals surface area contributed by atoms with E-state index in [4.69, 9.17) is 9.52 Å². The summed E-state index contributed by atoms with van der Waals surface area (Å²) in [5.41, 5.74) is 0.935. The molecule has 0 spiro atoms. The molecule has 0 saturated carbocycles. The van der Waals surface area contributed by atoms with Gasteiger partial charge in [0.15, 0.2) is 5.76 Å². The number of benzene rings is 1. The van der Waals surface area contributed by atoms with E-state index in [9.17, 15) is 18.0 Å². The number of rotatable bonds is 6. The Hall–Kier alpha value is -2.65. The highest BCUT2D eigenvalue weighted by molar-refractivity contribution is 7.89. The summed E-state index contributed by atoms with van der Waals surface area (Å²) < 4.78 is 32.1. The zero-order valence-electron chi connectivity index (χ0n) is 14.8. The molecule has 0 bridgehead atoms. The summed E-state index contributed by atoms with van der Waals surface area (Å²) >= 11 is 0. The molecule has 1 aromatic carbocycles. The van der Waals surface area contributed by atoms with Crippen molar-refractivity contribution in [1.82, 2.24) is 4.31 Å². The average Bonchev–Trinajstić information content (AvgIpc) is 3.24. The topological polar surface area (TPSA) is 117 Å². The lowest BCUT2D eigenvalue weighted by Gasteiger charge is -2.14. The molecule has 1 fully saturated rings. The van der Waals surface area contributed by atoms with Gasteiger partial charge >= 0.3 is 5.97 Å². The second kappa shape index (κ2) is 7.53. The zero-order valence-corrected chi connectivity index (χ0v) is 15.6. The van der Waals surface area contributed by atoms with Gasteiger partial charge in [0.25, 0.3) is 5.91 Å². The molecule has 1 aromatic heterocycles.